The van der Waals surface area contributed by atoms with Gasteiger partial charge in [0.1, 0.15) is 0 Å². The van der Waals surface area contributed by atoms with Crippen LogP contribution in [0, 0.1) is 0 Å². The van der Waals surface area contributed by atoms with Crippen molar-refractivity contribution in [3.8, 4) is 0 Å². The molecule has 0 aliphatic carbocycles. The molecule has 2 N–H and O–H groups in total. The second-order valence-corrected chi connectivity index (χ2v) is 6.27. The summed E-state index contributed by atoms with van der Waals surface area (Å²) < 4.78 is 5.74. The summed E-state index contributed by atoms with van der Waals surface area (Å²) in [5.41, 5.74) is -0.125. The third kappa shape index (κ3) is 6.21. The van der Waals surface area contributed by atoms with Crippen molar-refractivity contribution in [1.82, 2.24) is 10.2 Å². The molecule has 0 spiro atoms. The molecule has 19 heavy (non-hydrogen) atoms. The van der Waals surface area contributed by atoms with Crippen LogP contribution in [0.4, 0.5) is 0 Å². The maximum atomic E-state index is 9.54. The highest BCUT2D eigenvalue weighted by Crippen LogP contribution is 2.15. The Kier molecular flexibility index (Phi) is 7.29. The van der Waals surface area contributed by atoms with Crippen molar-refractivity contribution < 1.29 is 9.84 Å². The molecule has 4 nitrogen and oxygen atoms in total. The van der Waals surface area contributed by atoms with Crippen LogP contribution in [0.1, 0.15) is 47.0 Å². The molecule has 4 heteroatoms. The van der Waals surface area contributed by atoms with Crippen LogP contribution in [0.2, 0.25) is 0 Å². The molecular formula is C15H32N2O2. The van der Waals surface area contributed by atoms with Crippen LogP contribution in [-0.4, -0.2) is 60.5 Å². The Labute approximate surface area is 118 Å². The predicted molar refractivity (Wildman–Crippen MR) is 79.5 cm³/mol. The minimum atomic E-state index is -0.125. The SMILES string of the molecule is CCCNC(C)(CO)CCCN1CC(C)OC(C)C1. The average Bonchev–Trinajstić information content (AvgIpc) is 2.35. The summed E-state index contributed by atoms with van der Waals surface area (Å²) >= 11 is 0. The normalized spacial score (nSPS) is 28.3. The maximum absolute atomic E-state index is 9.54. The molecular weight excluding hydrogens is 240 g/mol. The maximum Gasteiger partial charge on any atom is 0.0678 e. The molecule has 0 bridgehead atoms. The van der Waals surface area contributed by atoms with Gasteiger partial charge in [0.2, 0.25) is 0 Å². The fraction of sp³-hybridized carbons (Fsp3) is 1.00. The van der Waals surface area contributed by atoms with Gasteiger partial charge in [0.15, 0.2) is 0 Å². The number of aliphatic hydroxyl groups excluding tert-OH is 1. The first-order valence-electron chi connectivity index (χ1n) is 7.73. The Hall–Kier alpha value is -0.160. The van der Waals surface area contributed by atoms with Gasteiger partial charge >= 0.3 is 0 Å². The van der Waals surface area contributed by atoms with E-state index in [0.717, 1.165) is 45.4 Å². The minimum absolute atomic E-state index is 0.125. The molecule has 3 unspecified atom stereocenters. The zero-order valence-corrected chi connectivity index (χ0v) is 13.1. The second-order valence-electron chi connectivity index (χ2n) is 6.27. The molecule has 1 rings (SSSR count). The summed E-state index contributed by atoms with van der Waals surface area (Å²) in [6.07, 6.45) is 3.92. The van der Waals surface area contributed by atoms with Crippen LogP contribution in [0.3, 0.4) is 0 Å². The van der Waals surface area contributed by atoms with Gasteiger partial charge in [-0.1, -0.05) is 6.92 Å². The largest absolute Gasteiger partial charge is 0.394 e. The van der Waals surface area contributed by atoms with E-state index in [1.165, 1.54) is 0 Å². The van der Waals surface area contributed by atoms with Crippen LogP contribution in [0.25, 0.3) is 0 Å². The summed E-state index contributed by atoms with van der Waals surface area (Å²) in [7, 11) is 0. The van der Waals surface area contributed by atoms with E-state index in [0.29, 0.717) is 12.2 Å². The number of aliphatic hydroxyl groups is 1. The lowest BCUT2D eigenvalue weighted by molar-refractivity contribution is -0.0685. The van der Waals surface area contributed by atoms with Crippen LogP contribution in [0.15, 0.2) is 0 Å². The Morgan fingerprint density at radius 2 is 1.95 bits per heavy atom. The van der Waals surface area contributed by atoms with Crippen LogP contribution in [0.5, 0.6) is 0 Å². The second kappa shape index (κ2) is 8.20. The van der Waals surface area contributed by atoms with Gasteiger partial charge in [-0.15, -0.1) is 0 Å². The number of ether oxygens (including phenoxy) is 1. The molecule has 0 aromatic carbocycles. The molecule has 1 fully saturated rings. The zero-order chi connectivity index (χ0) is 14.3. The summed E-state index contributed by atoms with van der Waals surface area (Å²) in [6.45, 7) is 12.9. The predicted octanol–water partition coefficient (Wildman–Crippen LogP) is 1.63. The molecule has 1 saturated heterocycles. The molecule has 114 valence electrons. The van der Waals surface area contributed by atoms with Gasteiger partial charge in [-0.2, -0.15) is 0 Å². The molecule has 1 aliphatic rings. The van der Waals surface area contributed by atoms with Crippen LogP contribution < -0.4 is 5.32 Å². The van der Waals surface area contributed by atoms with Gasteiger partial charge in [-0.25, -0.2) is 0 Å². The van der Waals surface area contributed by atoms with Gasteiger partial charge in [0.25, 0.3) is 0 Å². The summed E-state index contributed by atoms with van der Waals surface area (Å²) in [5.74, 6) is 0. The number of hydrogen-bond donors (Lipinski definition) is 2. The van der Waals surface area contributed by atoms with Crippen molar-refractivity contribution in [2.45, 2.75) is 64.7 Å². The molecule has 0 amide bonds. The van der Waals surface area contributed by atoms with Gasteiger partial charge in [-0.05, 0) is 53.1 Å². The fourth-order valence-electron chi connectivity index (χ4n) is 2.81. The van der Waals surface area contributed by atoms with E-state index in [1.54, 1.807) is 0 Å². The molecule has 0 aromatic rings. The van der Waals surface area contributed by atoms with E-state index in [4.69, 9.17) is 4.74 Å². The van der Waals surface area contributed by atoms with Crippen molar-refractivity contribution in [2.75, 3.05) is 32.8 Å². The van der Waals surface area contributed by atoms with E-state index in [-0.39, 0.29) is 12.1 Å². The standard InChI is InChI=1S/C15H32N2O2/c1-5-8-16-15(4,12-18)7-6-9-17-10-13(2)19-14(3)11-17/h13-14,16,18H,5-12H2,1-4H3. The molecule has 1 heterocycles. The molecule has 1 aliphatic heterocycles. The van der Waals surface area contributed by atoms with Crippen molar-refractivity contribution in [2.24, 2.45) is 0 Å². The lowest BCUT2D eigenvalue weighted by Crippen LogP contribution is -2.48. The fourth-order valence-corrected chi connectivity index (χ4v) is 2.81. The van der Waals surface area contributed by atoms with Gasteiger partial charge < -0.3 is 15.2 Å². The first-order valence-corrected chi connectivity index (χ1v) is 7.73. The Morgan fingerprint density at radius 3 is 2.47 bits per heavy atom. The summed E-state index contributed by atoms with van der Waals surface area (Å²) in [6, 6.07) is 0. The first-order chi connectivity index (χ1) is 8.99. The number of hydrogen-bond acceptors (Lipinski definition) is 4. The lowest BCUT2D eigenvalue weighted by Gasteiger charge is -2.36. The van der Waals surface area contributed by atoms with Gasteiger partial charge in [0.05, 0.1) is 18.8 Å². The first kappa shape index (κ1) is 16.9. The average molecular weight is 272 g/mol. The van der Waals surface area contributed by atoms with Crippen LogP contribution >= 0.6 is 0 Å². The van der Waals surface area contributed by atoms with Crippen molar-refractivity contribution in [3.05, 3.63) is 0 Å². The Morgan fingerprint density at radius 1 is 1.32 bits per heavy atom. The zero-order valence-electron chi connectivity index (χ0n) is 13.1. The van der Waals surface area contributed by atoms with E-state index in [2.05, 4.69) is 37.9 Å². The van der Waals surface area contributed by atoms with E-state index < -0.39 is 0 Å². The monoisotopic (exact) mass is 272 g/mol. The topological polar surface area (TPSA) is 44.7 Å². The van der Waals surface area contributed by atoms with E-state index >= 15 is 0 Å². The van der Waals surface area contributed by atoms with Gasteiger partial charge in [0, 0.05) is 18.6 Å². The quantitative estimate of drug-likeness (QED) is 0.705. The highest BCUT2D eigenvalue weighted by molar-refractivity contribution is 4.83. The lowest BCUT2D eigenvalue weighted by atomic mass is 9.96. The minimum Gasteiger partial charge on any atom is -0.394 e. The van der Waals surface area contributed by atoms with E-state index in [9.17, 15) is 5.11 Å². The molecule has 0 radical (unpaired) electrons. The Balaban J connectivity index is 2.27. The number of rotatable bonds is 8. The number of morpholine rings is 1. The third-order valence-corrected chi connectivity index (χ3v) is 3.85. The van der Waals surface area contributed by atoms with Crippen molar-refractivity contribution in [1.29, 1.82) is 0 Å². The van der Waals surface area contributed by atoms with Crippen molar-refractivity contribution >= 4 is 0 Å². The highest BCUT2D eigenvalue weighted by atomic mass is 16.5. The molecule has 0 aromatic heterocycles. The number of nitrogens with one attached hydrogen (secondary N) is 1. The summed E-state index contributed by atoms with van der Waals surface area (Å²) in [5, 5.41) is 13.0. The van der Waals surface area contributed by atoms with Gasteiger partial charge in [-0.3, -0.25) is 4.90 Å². The third-order valence-electron chi connectivity index (χ3n) is 3.85. The van der Waals surface area contributed by atoms with E-state index in [1.807, 2.05) is 0 Å². The Bertz CT molecular complexity index is 240. The molecule has 0 saturated carbocycles. The van der Waals surface area contributed by atoms with Crippen molar-refractivity contribution in [3.63, 3.8) is 0 Å². The highest BCUT2D eigenvalue weighted by Gasteiger charge is 2.24. The summed E-state index contributed by atoms with van der Waals surface area (Å²) in [4.78, 5) is 2.48. The van der Waals surface area contributed by atoms with Crippen LogP contribution in [-0.2, 0) is 4.74 Å². The molecule has 3 atom stereocenters. The smallest absolute Gasteiger partial charge is 0.0678 e. The number of nitrogens with zero attached hydrogens (tertiary/aromatic N) is 1.